The van der Waals surface area contributed by atoms with E-state index in [-0.39, 0.29) is 5.91 Å². The summed E-state index contributed by atoms with van der Waals surface area (Å²) in [4.78, 5) is 16.8. The van der Waals surface area contributed by atoms with Crippen molar-refractivity contribution in [2.24, 2.45) is 4.99 Å². The molecule has 0 aromatic heterocycles. The molecule has 0 unspecified atom stereocenters. The van der Waals surface area contributed by atoms with Gasteiger partial charge in [-0.1, -0.05) is 55.3 Å². The number of anilines is 1. The van der Waals surface area contributed by atoms with Crippen LogP contribution in [0.25, 0.3) is 10.8 Å². The number of nitrogens with one attached hydrogen (secondary N) is 2. The van der Waals surface area contributed by atoms with Crippen LogP contribution >= 0.6 is 11.8 Å². The van der Waals surface area contributed by atoms with Crippen molar-refractivity contribution in [2.45, 2.75) is 38.1 Å². The molecule has 4 rings (SSSR count). The summed E-state index contributed by atoms with van der Waals surface area (Å²) in [5, 5.41) is 9.63. The van der Waals surface area contributed by atoms with Crippen LogP contribution in [0.5, 0.6) is 0 Å². The maximum atomic E-state index is 12.2. The zero-order valence-electron chi connectivity index (χ0n) is 13.5. The van der Waals surface area contributed by atoms with E-state index >= 15 is 0 Å². The quantitative estimate of drug-likeness (QED) is 0.869. The second-order valence-electron chi connectivity index (χ2n) is 6.41. The fourth-order valence-electron chi connectivity index (χ4n) is 3.49. The van der Waals surface area contributed by atoms with Gasteiger partial charge < -0.3 is 10.6 Å². The molecule has 2 N–H and O–H groups in total. The van der Waals surface area contributed by atoms with Crippen LogP contribution in [0.1, 0.15) is 32.1 Å². The van der Waals surface area contributed by atoms with Crippen LogP contribution < -0.4 is 10.6 Å². The Kier molecular flexibility index (Phi) is 4.43. The van der Waals surface area contributed by atoms with Crippen molar-refractivity contribution in [1.82, 2.24) is 5.32 Å². The van der Waals surface area contributed by atoms with E-state index in [4.69, 9.17) is 0 Å². The third-order valence-corrected chi connectivity index (χ3v) is 5.53. The van der Waals surface area contributed by atoms with Crippen LogP contribution in [0, 0.1) is 0 Å². The number of hydrogen-bond donors (Lipinski definition) is 2. The minimum absolute atomic E-state index is 0.105. The maximum Gasteiger partial charge on any atom is 0.230 e. The molecule has 0 atom stereocenters. The van der Waals surface area contributed by atoms with E-state index in [2.05, 4.69) is 33.8 Å². The molecule has 1 aliphatic heterocycles. The van der Waals surface area contributed by atoms with Crippen LogP contribution in [0.15, 0.2) is 41.4 Å². The summed E-state index contributed by atoms with van der Waals surface area (Å²) in [5.74, 6) is 0.508. The van der Waals surface area contributed by atoms with Gasteiger partial charge in [-0.25, -0.2) is 4.99 Å². The molecular weight excluding hydrogens is 318 g/mol. The number of carbonyl (C=O) groups excluding carboxylic acids is 1. The van der Waals surface area contributed by atoms with E-state index in [1.54, 1.807) is 0 Å². The predicted molar refractivity (Wildman–Crippen MR) is 102 cm³/mol. The van der Waals surface area contributed by atoms with Crippen molar-refractivity contribution in [3.05, 3.63) is 36.4 Å². The summed E-state index contributed by atoms with van der Waals surface area (Å²) in [6, 6.07) is 12.7. The van der Waals surface area contributed by atoms with Gasteiger partial charge >= 0.3 is 0 Å². The number of hydrogen-bond acceptors (Lipinski definition) is 4. The summed E-state index contributed by atoms with van der Waals surface area (Å²) >= 11 is 1.47. The molecule has 1 saturated carbocycles. The molecule has 4 nitrogen and oxygen atoms in total. The lowest BCUT2D eigenvalue weighted by atomic mass is 9.95. The molecule has 0 radical (unpaired) electrons. The second-order valence-corrected chi connectivity index (χ2v) is 7.38. The van der Waals surface area contributed by atoms with Gasteiger partial charge in [0.25, 0.3) is 0 Å². The molecule has 1 heterocycles. The van der Waals surface area contributed by atoms with Gasteiger partial charge in [-0.2, -0.15) is 0 Å². The lowest BCUT2D eigenvalue weighted by molar-refractivity contribution is -0.119. The first kappa shape index (κ1) is 15.5. The highest BCUT2D eigenvalue weighted by Crippen LogP contribution is 2.36. The molecule has 1 fully saturated rings. The van der Waals surface area contributed by atoms with Gasteiger partial charge in [-0.05, 0) is 30.4 Å². The highest BCUT2D eigenvalue weighted by atomic mass is 32.2. The molecule has 124 valence electrons. The standard InChI is InChI=1S/C19H21N3OS/c23-17(20-14-8-2-1-3-9-14)12-24-19-21-15-10-4-6-13-7-5-11-16(22-19)18(13)15/h4-7,10-11,14H,1-3,8-9,12H2,(H,20,23)(H,21,22). The van der Waals surface area contributed by atoms with Gasteiger partial charge in [-0.15, -0.1) is 0 Å². The summed E-state index contributed by atoms with van der Waals surface area (Å²) in [6.45, 7) is 0. The Bertz CT molecular complexity index is 791. The van der Waals surface area contributed by atoms with E-state index in [0.29, 0.717) is 11.8 Å². The summed E-state index contributed by atoms with van der Waals surface area (Å²) in [5.41, 5.74) is 2.03. The number of carbonyl (C=O) groups is 1. The van der Waals surface area contributed by atoms with Gasteiger partial charge in [0.1, 0.15) is 0 Å². The molecule has 1 amide bonds. The molecule has 2 aromatic rings. The molecular formula is C19H21N3OS. The third-order valence-electron chi connectivity index (χ3n) is 4.66. The smallest absolute Gasteiger partial charge is 0.230 e. The van der Waals surface area contributed by atoms with Crippen LogP contribution in [-0.4, -0.2) is 22.9 Å². The highest BCUT2D eigenvalue weighted by Gasteiger charge is 2.18. The highest BCUT2D eigenvalue weighted by molar-refractivity contribution is 8.14. The fraction of sp³-hybridized carbons (Fsp3) is 0.368. The van der Waals surface area contributed by atoms with Crippen molar-refractivity contribution in [3.63, 3.8) is 0 Å². The number of nitrogens with zero attached hydrogens (tertiary/aromatic N) is 1. The van der Waals surface area contributed by atoms with Crippen LogP contribution in [0.3, 0.4) is 0 Å². The first-order chi connectivity index (χ1) is 11.8. The molecule has 24 heavy (non-hydrogen) atoms. The topological polar surface area (TPSA) is 53.5 Å². The summed E-state index contributed by atoms with van der Waals surface area (Å²) < 4.78 is 0. The fourth-order valence-corrected chi connectivity index (χ4v) is 4.19. The number of amidine groups is 1. The van der Waals surface area contributed by atoms with E-state index in [9.17, 15) is 4.79 Å². The van der Waals surface area contributed by atoms with Crippen molar-refractivity contribution in [2.75, 3.05) is 11.1 Å². The van der Waals surface area contributed by atoms with Gasteiger partial charge in [-0.3, -0.25) is 4.79 Å². The van der Waals surface area contributed by atoms with Crippen LogP contribution in [-0.2, 0) is 4.79 Å². The van der Waals surface area contributed by atoms with Crippen molar-refractivity contribution in [1.29, 1.82) is 0 Å². The number of aliphatic imine (C=N–C) groups is 1. The molecule has 2 aliphatic rings. The average Bonchev–Trinajstić information content (AvgIpc) is 2.61. The lowest BCUT2D eigenvalue weighted by Crippen LogP contribution is -2.37. The van der Waals surface area contributed by atoms with Crippen molar-refractivity contribution >= 4 is 45.0 Å². The Balaban J connectivity index is 1.41. The van der Waals surface area contributed by atoms with Crippen molar-refractivity contribution in [3.8, 4) is 0 Å². The predicted octanol–water partition coefficient (Wildman–Crippen LogP) is 4.43. The SMILES string of the molecule is O=C(CSC1=Nc2cccc3cccc(c23)N1)NC1CCCCC1. The zero-order chi connectivity index (χ0) is 16.4. The van der Waals surface area contributed by atoms with E-state index in [0.717, 1.165) is 34.8 Å². The average molecular weight is 339 g/mol. The van der Waals surface area contributed by atoms with E-state index < -0.39 is 0 Å². The van der Waals surface area contributed by atoms with Crippen LogP contribution in [0.2, 0.25) is 0 Å². The molecule has 2 aromatic carbocycles. The zero-order valence-corrected chi connectivity index (χ0v) is 14.4. The molecule has 5 heteroatoms. The minimum Gasteiger partial charge on any atom is -0.353 e. The second kappa shape index (κ2) is 6.85. The first-order valence-corrected chi connectivity index (χ1v) is 9.58. The lowest BCUT2D eigenvalue weighted by Gasteiger charge is -2.23. The number of thioether (sulfide) groups is 1. The summed E-state index contributed by atoms with van der Waals surface area (Å²) in [6.07, 6.45) is 5.99. The van der Waals surface area contributed by atoms with Crippen molar-refractivity contribution < 1.29 is 4.79 Å². The molecule has 1 aliphatic carbocycles. The number of rotatable bonds is 3. The number of benzene rings is 2. The monoisotopic (exact) mass is 339 g/mol. The van der Waals surface area contributed by atoms with Crippen LogP contribution in [0.4, 0.5) is 11.4 Å². The Hall–Kier alpha value is -2.01. The maximum absolute atomic E-state index is 12.2. The first-order valence-electron chi connectivity index (χ1n) is 8.59. The Morgan fingerprint density at radius 1 is 1.17 bits per heavy atom. The normalized spacial score (nSPS) is 17.2. The third kappa shape index (κ3) is 3.26. The summed E-state index contributed by atoms with van der Waals surface area (Å²) in [7, 11) is 0. The number of amides is 1. The van der Waals surface area contributed by atoms with E-state index in [1.165, 1.54) is 36.4 Å². The largest absolute Gasteiger partial charge is 0.353 e. The van der Waals surface area contributed by atoms with Gasteiger partial charge in [0, 0.05) is 11.4 Å². The molecule has 0 spiro atoms. The minimum atomic E-state index is 0.105. The Morgan fingerprint density at radius 3 is 2.79 bits per heavy atom. The Labute approximate surface area is 146 Å². The Morgan fingerprint density at radius 2 is 1.96 bits per heavy atom. The van der Waals surface area contributed by atoms with Gasteiger partial charge in [0.05, 0.1) is 17.1 Å². The molecule has 0 bridgehead atoms. The van der Waals surface area contributed by atoms with E-state index in [1.807, 2.05) is 18.2 Å². The van der Waals surface area contributed by atoms with Gasteiger partial charge in [0.15, 0.2) is 5.17 Å². The molecule has 0 saturated heterocycles. The van der Waals surface area contributed by atoms with Gasteiger partial charge in [0.2, 0.25) is 5.91 Å².